The number of anilines is 1. The lowest BCUT2D eigenvalue weighted by Crippen LogP contribution is -2.53. The van der Waals surface area contributed by atoms with Gasteiger partial charge in [-0.05, 0) is 12.1 Å². The van der Waals surface area contributed by atoms with Gasteiger partial charge in [0.05, 0.1) is 5.69 Å². The minimum absolute atomic E-state index is 0.388. The number of rotatable bonds is 1. The molecule has 1 saturated heterocycles. The first kappa shape index (κ1) is 11.2. The quantitative estimate of drug-likeness (QED) is 0.743. The lowest BCUT2D eigenvalue weighted by atomic mass is 10.2. The predicted molar refractivity (Wildman–Crippen MR) is 52.0 cm³/mol. The Bertz CT molecular complexity index is 510. The first-order chi connectivity index (χ1) is 7.99. The highest BCUT2D eigenvalue weighted by atomic mass is 19.1. The molecule has 1 N–H and O–H groups in total. The smallest absolute Gasteiger partial charge is 0.277 e. The molecule has 0 saturated carbocycles. The Kier molecular flexibility index (Phi) is 2.58. The van der Waals surface area contributed by atoms with Crippen molar-refractivity contribution in [3.8, 4) is 0 Å². The van der Waals surface area contributed by atoms with E-state index >= 15 is 0 Å². The first-order valence-corrected chi connectivity index (χ1v) is 4.61. The summed E-state index contributed by atoms with van der Waals surface area (Å²) in [6, 6.07) is 1.37. The average Bonchev–Trinajstić information content (AvgIpc) is 2.19. The van der Waals surface area contributed by atoms with Crippen molar-refractivity contribution in [2.24, 2.45) is 0 Å². The Morgan fingerprint density at radius 1 is 1.18 bits per heavy atom. The molecule has 1 aromatic carbocycles. The first-order valence-electron chi connectivity index (χ1n) is 4.61. The van der Waals surface area contributed by atoms with Crippen LogP contribution in [0.3, 0.4) is 0 Å². The van der Waals surface area contributed by atoms with Crippen molar-refractivity contribution >= 4 is 23.5 Å². The Balaban J connectivity index is 2.42. The molecule has 0 radical (unpaired) electrons. The molecule has 0 unspecified atom stereocenters. The molecule has 17 heavy (non-hydrogen) atoms. The van der Waals surface area contributed by atoms with Gasteiger partial charge in [0.15, 0.2) is 0 Å². The molecule has 0 aliphatic carbocycles. The maximum atomic E-state index is 13.4. The van der Waals surface area contributed by atoms with E-state index in [1.165, 1.54) is 0 Å². The van der Waals surface area contributed by atoms with Gasteiger partial charge in [-0.1, -0.05) is 0 Å². The van der Waals surface area contributed by atoms with Crippen LogP contribution in [0, 0.1) is 11.6 Å². The lowest BCUT2D eigenvalue weighted by molar-refractivity contribution is -0.128. The van der Waals surface area contributed by atoms with Gasteiger partial charge in [0, 0.05) is 6.07 Å². The highest BCUT2D eigenvalue weighted by Gasteiger charge is 2.33. The summed E-state index contributed by atoms with van der Waals surface area (Å²) in [5.74, 6) is -3.49. The SMILES string of the molecule is O=C1CC(=O)N(c2ccc(F)cc2F)C(=O)N1. The summed E-state index contributed by atoms with van der Waals surface area (Å²) < 4.78 is 26.1. The largest absolute Gasteiger partial charge is 0.335 e. The van der Waals surface area contributed by atoms with E-state index in [0.717, 1.165) is 12.1 Å². The van der Waals surface area contributed by atoms with Crippen molar-refractivity contribution in [1.82, 2.24) is 5.32 Å². The number of halogens is 2. The number of carbonyl (C=O) groups excluding carboxylic acids is 3. The molecular formula is C10H6F2N2O3. The number of hydrogen-bond acceptors (Lipinski definition) is 3. The topological polar surface area (TPSA) is 66.5 Å². The van der Waals surface area contributed by atoms with Gasteiger partial charge in [0.2, 0.25) is 11.8 Å². The zero-order valence-electron chi connectivity index (χ0n) is 8.37. The van der Waals surface area contributed by atoms with Gasteiger partial charge in [-0.3, -0.25) is 14.9 Å². The lowest BCUT2D eigenvalue weighted by Gasteiger charge is -2.24. The standard InChI is InChI=1S/C10H6F2N2O3/c11-5-1-2-7(6(12)3-5)14-9(16)4-8(15)13-10(14)17/h1-3H,4H2,(H,13,15,17). The molecule has 7 heteroatoms. The van der Waals surface area contributed by atoms with Crippen LogP contribution < -0.4 is 10.2 Å². The molecule has 1 fully saturated rings. The van der Waals surface area contributed by atoms with Crippen LogP contribution in [0.1, 0.15) is 6.42 Å². The van der Waals surface area contributed by atoms with Crippen molar-refractivity contribution in [2.45, 2.75) is 6.42 Å². The minimum atomic E-state index is -1.05. The molecule has 1 aromatic rings. The van der Waals surface area contributed by atoms with Gasteiger partial charge in [0.1, 0.15) is 18.1 Å². The van der Waals surface area contributed by atoms with Crippen LogP contribution in [-0.2, 0) is 9.59 Å². The van der Waals surface area contributed by atoms with Crippen molar-refractivity contribution in [1.29, 1.82) is 0 Å². The van der Waals surface area contributed by atoms with Crippen LogP contribution in [0.4, 0.5) is 19.3 Å². The van der Waals surface area contributed by atoms with Gasteiger partial charge in [-0.15, -0.1) is 0 Å². The van der Waals surface area contributed by atoms with Gasteiger partial charge < -0.3 is 0 Å². The number of barbiturate groups is 1. The number of imide groups is 2. The number of hydrogen-bond donors (Lipinski definition) is 1. The number of amides is 4. The monoisotopic (exact) mass is 240 g/mol. The number of urea groups is 1. The van der Waals surface area contributed by atoms with Gasteiger partial charge in [0.25, 0.3) is 0 Å². The van der Waals surface area contributed by atoms with Crippen molar-refractivity contribution in [3.05, 3.63) is 29.8 Å². The molecule has 1 aliphatic heterocycles. The molecule has 88 valence electrons. The number of nitrogens with zero attached hydrogens (tertiary/aromatic N) is 1. The zero-order valence-corrected chi connectivity index (χ0v) is 8.37. The Hall–Kier alpha value is -2.31. The Morgan fingerprint density at radius 3 is 2.47 bits per heavy atom. The van der Waals surface area contributed by atoms with E-state index in [1.54, 1.807) is 0 Å². The molecule has 0 spiro atoms. The van der Waals surface area contributed by atoms with E-state index in [1.807, 2.05) is 5.32 Å². The fourth-order valence-corrected chi connectivity index (χ4v) is 1.46. The zero-order chi connectivity index (χ0) is 12.6. The van der Waals surface area contributed by atoms with E-state index in [0.29, 0.717) is 11.0 Å². The number of nitrogens with one attached hydrogen (secondary N) is 1. The Morgan fingerprint density at radius 2 is 1.88 bits per heavy atom. The molecular weight excluding hydrogens is 234 g/mol. The van der Waals surface area contributed by atoms with E-state index in [4.69, 9.17) is 0 Å². The second-order valence-electron chi connectivity index (χ2n) is 3.35. The van der Waals surface area contributed by atoms with Crippen LogP contribution in [0.2, 0.25) is 0 Å². The van der Waals surface area contributed by atoms with Crippen LogP contribution in [0.5, 0.6) is 0 Å². The second-order valence-corrected chi connectivity index (χ2v) is 3.35. The van der Waals surface area contributed by atoms with E-state index in [9.17, 15) is 23.2 Å². The molecule has 2 rings (SSSR count). The van der Waals surface area contributed by atoms with Gasteiger partial charge in [-0.2, -0.15) is 0 Å². The summed E-state index contributed by atoms with van der Waals surface area (Å²) in [5.41, 5.74) is -0.388. The second kappa shape index (κ2) is 3.93. The summed E-state index contributed by atoms with van der Waals surface area (Å²) in [4.78, 5) is 34.1. The molecule has 1 heterocycles. The van der Waals surface area contributed by atoms with E-state index in [-0.39, 0.29) is 5.69 Å². The maximum Gasteiger partial charge on any atom is 0.335 e. The third-order valence-corrected chi connectivity index (χ3v) is 2.16. The molecule has 5 nitrogen and oxygen atoms in total. The summed E-state index contributed by atoms with van der Waals surface area (Å²) in [5, 5.41) is 1.87. The van der Waals surface area contributed by atoms with Crippen molar-refractivity contribution in [2.75, 3.05) is 4.90 Å². The van der Waals surface area contributed by atoms with Gasteiger partial charge in [-0.25, -0.2) is 18.5 Å². The summed E-state index contributed by atoms with van der Waals surface area (Å²) in [6.07, 6.45) is -0.553. The van der Waals surface area contributed by atoms with Crippen LogP contribution in [0.15, 0.2) is 18.2 Å². The average molecular weight is 240 g/mol. The van der Waals surface area contributed by atoms with Crippen molar-refractivity contribution < 1.29 is 23.2 Å². The summed E-state index contributed by atoms with van der Waals surface area (Å²) >= 11 is 0. The van der Waals surface area contributed by atoms with Crippen LogP contribution in [-0.4, -0.2) is 17.8 Å². The fraction of sp³-hybridized carbons (Fsp3) is 0.100. The molecule has 0 bridgehead atoms. The van der Waals surface area contributed by atoms with E-state index in [2.05, 4.69) is 0 Å². The highest BCUT2D eigenvalue weighted by molar-refractivity contribution is 6.26. The molecule has 0 atom stereocenters. The molecule has 4 amide bonds. The fourth-order valence-electron chi connectivity index (χ4n) is 1.46. The number of benzene rings is 1. The van der Waals surface area contributed by atoms with E-state index < -0.39 is 35.9 Å². The third-order valence-electron chi connectivity index (χ3n) is 2.16. The minimum Gasteiger partial charge on any atom is -0.277 e. The third kappa shape index (κ3) is 1.99. The summed E-state index contributed by atoms with van der Waals surface area (Å²) in [6.45, 7) is 0. The molecule has 0 aromatic heterocycles. The van der Waals surface area contributed by atoms with Crippen molar-refractivity contribution in [3.63, 3.8) is 0 Å². The Labute approximate surface area is 94.0 Å². The van der Waals surface area contributed by atoms with Gasteiger partial charge >= 0.3 is 6.03 Å². The summed E-state index contributed by atoms with van der Waals surface area (Å²) in [7, 11) is 0. The molecule has 1 aliphatic rings. The van der Waals surface area contributed by atoms with Crippen LogP contribution in [0.25, 0.3) is 0 Å². The maximum absolute atomic E-state index is 13.4. The highest BCUT2D eigenvalue weighted by Crippen LogP contribution is 2.22. The number of carbonyl (C=O) groups is 3. The van der Waals surface area contributed by atoms with Crippen LogP contribution >= 0.6 is 0 Å². The normalized spacial score (nSPS) is 16.1. The predicted octanol–water partition coefficient (Wildman–Crippen LogP) is 0.938.